The second-order valence-corrected chi connectivity index (χ2v) is 7.56. The van der Waals surface area contributed by atoms with E-state index in [0.717, 1.165) is 32.1 Å². The predicted octanol–water partition coefficient (Wildman–Crippen LogP) is 3.43. The number of rotatable bonds is 7. The number of halogens is 3. The third kappa shape index (κ3) is 6.23. The van der Waals surface area contributed by atoms with Crippen molar-refractivity contribution in [2.24, 2.45) is 0 Å². The smallest absolute Gasteiger partial charge is 0.416 e. The molecule has 0 saturated carbocycles. The number of carbonyl (C=O) groups excluding carboxylic acids is 2. The summed E-state index contributed by atoms with van der Waals surface area (Å²) >= 11 is 0. The van der Waals surface area contributed by atoms with E-state index in [4.69, 9.17) is 0 Å². The van der Waals surface area contributed by atoms with Gasteiger partial charge in [-0.3, -0.25) is 9.69 Å². The average Bonchev–Trinajstić information content (AvgIpc) is 2.81. The zero-order chi connectivity index (χ0) is 23.1. The lowest BCUT2D eigenvalue weighted by atomic mass is 10.1. The van der Waals surface area contributed by atoms with Gasteiger partial charge >= 0.3 is 12.1 Å². The van der Waals surface area contributed by atoms with Crippen LogP contribution in [0.1, 0.15) is 32.7 Å². The van der Waals surface area contributed by atoms with Gasteiger partial charge in [-0.1, -0.05) is 12.1 Å². The predicted molar refractivity (Wildman–Crippen MR) is 115 cm³/mol. The summed E-state index contributed by atoms with van der Waals surface area (Å²) in [5.41, 5.74) is 0.660. The third-order valence-electron chi connectivity index (χ3n) is 5.39. The quantitative estimate of drug-likeness (QED) is 0.519. The lowest BCUT2D eigenvalue weighted by Gasteiger charge is -2.36. The first kappa shape index (κ1) is 23.6. The summed E-state index contributed by atoms with van der Waals surface area (Å²) in [4.78, 5) is 28.1. The van der Waals surface area contributed by atoms with Gasteiger partial charge in [0.05, 0.1) is 18.2 Å². The van der Waals surface area contributed by atoms with Crippen molar-refractivity contribution in [2.45, 2.75) is 12.6 Å². The maximum absolute atomic E-state index is 12.9. The highest BCUT2D eigenvalue weighted by molar-refractivity contribution is 5.97. The first-order valence-corrected chi connectivity index (χ1v) is 10.4. The van der Waals surface area contributed by atoms with E-state index >= 15 is 0 Å². The monoisotopic (exact) mass is 449 g/mol. The standard InChI is InChI=1S/C23H26F3N3O3/c1-32-22(31)18-6-2-5-17(15-18)21(30)27-9-4-10-28-11-13-29(14-12-28)20-8-3-7-19(16-20)23(24,25)26/h2-3,5-8,15-16H,4,9-14H2,1H3,(H,27,30). The molecule has 0 unspecified atom stereocenters. The molecule has 0 radical (unpaired) electrons. The number of anilines is 1. The molecule has 0 aromatic heterocycles. The minimum Gasteiger partial charge on any atom is -0.465 e. The second-order valence-electron chi connectivity index (χ2n) is 7.56. The molecule has 9 heteroatoms. The number of methoxy groups -OCH3 is 1. The molecule has 1 aliphatic heterocycles. The van der Waals surface area contributed by atoms with Crippen LogP contribution in [0.4, 0.5) is 18.9 Å². The van der Waals surface area contributed by atoms with Crippen molar-refractivity contribution in [3.05, 3.63) is 65.2 Å². The number of carbonyl (C=O) groups is 2. The first-order chi connectivity index (χ1) is 15.3. The molecule has 0 spiro atoms. The van der Waals surface area contributed by atoms with Crippen molar-refractivity contribution in [1.29, 1.82) is 0 Å². The molecule has 1 saturated heterocycles. The highest BCUT2D eigenvalue weighted by atomic mass is 19.4. The number of amides is 1. The summed E-state index contributed by atoms with van der Waals surface area (Å²) < 4.78 is 43.5. The lowest BCUT2D eigenvalue weighted by molar-refractivity contribution is -0.137. The van der Waals surface area contributed by atoms with Crippen LogP contribution in [0.3, 0.4) is 0 Å². The second kappa shape index (κ2) is 10.5. The molecule has 0 aliphatic carbocycles. The Morgan fingerprint density at radius 1 is 1.00 bits per heavy atom. The molecule has 172 valence electrons. The number of benzene rings is 2. The fourth-order valence-corrected chi connectivity index (χ4v) is 3.62. The summed E-state index contributed by atoms with van der Waals surface area (Å²) in [7, 11) is 1.29. The van der Waals surface area contributed by atoms with Gasteiger partial charge in [0.2, 0.25) is 0 Å². The van der Waals surface area contributed by atoms with Crippen molar-refractivity contribution in [1.82, 2.24) is 10.2 Å². The molecule has 6 nitrogen and oxygen atoms in total. The van der Waals surface area contributed by atoms with Crippen LogP contribution in [0.5, 0.6) is 0 Å². The number of hydrogen-bond acceptors (Lipinski definition) is 5. The molecule has 2 aromatic rings. The van der Waals surface area contributed by atoms with Crippen LogP contribution < -0.4 is 10.2 Å². The number of ether oxygens (including phenoxy) is 1. The van der Waals surface area contributed by atoms with Crippen molar-refractivity contribution < 1.29 is 27.5 Å². The van der Waals surface area contributed by atoms with Crippen LogP contribution in [0.2, 0.25) is 0 Å². The van der Waals surface area contributed by atoms with Gasteiger partial charge in [-0.25, -0.2) is 4.79 Å². The minimum absolute atomic E-state index is 0.259. The molecule has 0 atom stereocenters. The number of piperazine rings is 1. The summed E-state index contributed by atoms with van der Waals surface area (Å²) in [6, 6.07) is 11.8. The summed E-state index contributed by atoms with van der Waals surface area (Å²) in [5.74, 6) is -0.756. The van der Waals surface area contributed by atoms with E-state index in [9.17, 15) is 22.8 Å². The van der Waals surface area contributed by atoms with Crippen LogP contribution in [-0.2, 0) is 10.9 Å². The van der Waals surface area contributed by atoms with Crippen LogP contribution in [0, 0.1) is 0 Å². The molecule has 1 amide bonds. The molecular formula is C23H26F3N3O3. The van der Waals surface area contributed by atoms with E-state index in [1.807, 2.05) is 4.90 Å². The van der Waals surface area contributed by atoms with E-state index in [0.29, 0.717) is 36.4 Å². The molecule has 1 heterocycles. The molecule has 1 fully saturated rings. The Kier molecular flexibility index (Phi) is 7.74. The van der Waals surface area contributed by atoms with E-state index in [2.05, 4.69) is 15.0 Å². The van der Waals surface area contributed by atoms with Crippen LogP contribution in [0.25, 0.3) is 0 Å². The van der Waals surface area contributed by atoms with Gasteiger partial charge < -0.3 is 15.0 Å². The SMILES string of the molecule is COC(=O)c1cccc(C(=O)NCCCN2CCN(c3cccc(C(F)(F)F)c3)CC2)c1. The van der Waals surface area contributed by atoms with Crippen molar-refractivity contribution >= 4 is 17.6 Å². The van der Waals surface area contributed by atoms with E-state index < -0.39 is 17.7 Å². The fourth-order valence-electron chi connectivity index (χ4n) is 3.62. The van der Waals surface area contributed by atoms with Crippen molar-refractivity contribution in [2.75, 3.05) is 51.3 Å². The Labute approximate surface area is 184 Å². The van der Waals surface area contributed by atoms with Crippen LogP contribution >= 0.6 is 0 Å². The van der Waals surface area contributed by atoms with E-state index in [1.165, 1.54) is 25.3 Å². The minimum atomic E-state index is -4.34. The first-order valence-electron chi connectivity index (χ1n) is 10.4. The average molecular weight is 449 g/mol. The number of nitrogens with one attached hydrogen (secondary N) is 1. The van der Waals surface area contributed by atoms with Gasteiger partial charge in [0, 0.05) is 44.0 Å². The van der Waals surface area contributed by atoms with Gasteiger partial charge in [0.15, 0.2) is 0 Å². The summed E-state index contributed by atoms with van der Waals surface area (Å²) in [5, 5.41) is 2.84. The molecule has 2 aromatic carbocycles. The molecular weight excluding hydrogens is 423 g/mol. The van der Waals surface area contributed by atoms with Crippen LogP contribution in [0.15, 0.2) is 48.5 Å². The van der Waals surface area contributed by atoms with Gasteiger partial charge in [0.1, 0.15) is 0 Å². The molecule has 1 N–H and O–H groups in total. The zero-order valence-corrected chi connectivity index (χ0v) is 17.8. The Morgan fingerprint density at radius 3 is 2.38 bits per heavy atom. The van der Waals surface area contributed by atoms with Crippen molar-refractivity contribution in [3.63, 3.8) is 0 Å². The van der Waals surface area contributed by atoms with Gasteiger partial charge in [-0.05, 0) is 49.4 Å². The highest BCUT2D eigenvalue weighted by Crippen LogP contribution is 2.31. The largest absolute Gasteiger partial charge is 0.465 e. The molecule has 32 heavy (non-hydrogen) atoms. The Hall–Kier alpha value is -3.07. The Balaban J connectivity index is 1.40. The number of esters is 1. The van der Waals surface area contributed by atoms with Gasteiger partial charge in [-0.15, -0.1) is 0 Å². The van der Waals surface area contributed by atoms with E-state index in [-0.39, 0.29) is 5.91 Å². The Bertz CT molecular complexity index is 941. The Morgan fingerprint density at radius 2 is 1.69 bits per heavy atom. The lowest BCUT2D eigenvalue weighted by Crippen LogP contribution is -2.47. The topological polar surface area (TPSA) is 61.9 Å². The maximum Gasteiger partial charge on any atom is 0.416 e. The third-order valence-corrected chi connectivity index (χ3v) is 5.39. The molecule has 3 rings (SSSR count). The van der Waals surface area contributed by atoms with Crippen molar-refractivity contribution in [3.8, 4) is 0 Å². The number of nitrogens with zero attached hydrogens (tertiary/aromatic N) is 2. The van der Waals surface area contributed by atoms with Gasteiger partial charge in [-0.2, -0.15) is 13.2 Å². The van der Waals surface area contributed by atoms with Crippen LogP contribution in [-0.4, -0.2) is 63.2 Å². The zero-order valence-electron chi connectivity index (χ0n) is 17.8. The van der Waals surface area contributed by atoms with Gasteiger partial charge in [0.25, 0.3) is 5.91 Å². The molecule has 1 aliphatic rings. The normalized spacial score (nSPS) is 14.8. The highest BCUT2D eigenvalue weighted by Gasteiger charge is 2.31. The maximum atomic E-state index is 12.9. The summed E-state index contributed by atoms with van der Waals surface area (Å²) in [6.07, 6.45) is -3.60. The fraction of sp³-hybridized carbons (Fsp3) is 0.391. The molecule has 0 bridgehead atoms. The van der Waals surface area contributed by atoms with E-state index in [1.54, 1.807) is 24.3 Å². The number of hydrogen-bond donors (Lipinski definition) is 1. The number of alkyl halides is 3. The summed E-state index contributed by atoms with van der Waals surface area (Å²) in [6.45, 7) is 4.03.